The van der Waals surface area contributed by atoms with Crippen molar-refractivity contribution in [2.24, 2.45) is 0 Å². The number of non-ortho nitro benzene ring substituents is 1. The smallest absolute Gasteiger partial charge is 0.335 e. The van der Waals surface area contributed by atoms with Gasteiger partial charge < -0.3 is 4.42 Å². The highest BCUT2D eigenvalue weighted by molar-refractivity contribution is 6.39. The number of carbonyl (C=O) groups excluding carboxylic acids is 3. The van der Waals surface area contributed by atoms with Crippen molar-refractivity contribution in [1.82, 2.24) is 5.32 Å². The van der Waals surface area contributed by atoms with E-state index in [0.717, 1.165) is 16.0 Å². The van der Waals surface area contributed by atoms with Crippen LogP contribution in [0.25, 0.3) is 17.4 Å². The van der Waals surface area contributed by atoms with E-state index in [2.05, 4.69) is 5.32 Å². The SMILES string of the molecule is Cc1ccc(N2C(=O)NC(=O)C(=Cc3ccc(-c4ccc([N+](=O)[O-])cc4C)o3)C2=O)cc1C. The molecular formula is C24H19N3O6. The topological polar surface area (TPSA) is 123 Å². The lowest BCUT2D eigenvalue weighted by molar-refractivity contribution is -0.384. The second-order valence-corrected chi connectivity index (χ2v) is 7.68. The fourth-order valence-corrected chi connectivity index (χ4v) is 3.51. The third-order valence-electron chi connectivity index (χ3n) is 5.45. The van der Waals surface area contributed by atoms with Crippen LogP contribution in [0.3, 0.4) is 0 Å². The number of carbonyl (C=O) groups is 3. The molecule has 0 aliphatic carbocycles. The zero-order valence-corrected chi connectivity index (χ0v) is 18.0. The highest BCUT2D eigenvalue weighted by atomic mass is 16.6. The summed E-state index contributed by atoms with van der Waals surface area (Å²) in [4.78, 5) is 49.2. The van der Waals surface area contributed by atoms with Crippen LogP contribution in [0.5, 0.6) is 0 Å². The molecule has 0 radical (unpaired) electrons. The largest absolute Gasteiger partial charge is 0.457 e. The molecule has 0 bridgehead atoms. The number of nitro groups is 1. The van der Waals surface area contributed by atoms with Crippen LogP contribution in [0.4, 0.5) is 16.2 Å². The summed E-state index contributed by atoms with van der Waals surface area (Å²) < 4.78 is 5.77. The summed E-state index contributed by atoms with van der Waals surface area (Å²) in [6.07, 6.45) is 1.27. The normalized spacial score (nSPS) is 15.2. The van der Waals surface area contributed by atoms with E-state index in [1.165, 1.54) is 18.2 Å². The van der Waals surface area contributed by atoms with Gasteiger partial charge in [-0.3, -0.25) is 25.0 Å². The summed E-state index contributed by atoms with van der Waals surface area (Å²) in [7, 11) is 0. The van der Waals surface area contributed by atoms with Crippen LogP contribution >= 0.6 is 0 Å². The van der Waals surface area contributed by atoms with Gasteiger partial charge in [0.15, 0.2) is 0 Å². The lowest BCUT2D eigenvalue weighted by Crippen LogP contribution is -2.54. The quantitative estimate of drug-likeness (QED) is 0.274. The summed E-state index contributed by atoms with van der Waals surface area (Å²) in [5, 5.41) is 13.1. The van der Waals surface area contributed by atoms with Gasteiger partial charge in [0, 0.05) is 17.7 Å². The number of urea groups is 1. The first-order valence-corrected chi connectivity index (χ1v) is 9.99. The van der Waals surface area contributed by atoms with E-state index < -0.39 is 22.8 Å². The van der Waals surface area contributed by atoms with Gasteiger partial charge >= 0.3 is 6.03 Å². The minimum absolute atomic E-state index is 0.0364. The number of nitro benzene ring substituents is 1. The van der Waals surface area contributed by atoms with E-state index in [1.807, 2.05) is 13.8 Å². The number of hydrogen-bond donors (Lipinski definition) is 1. The molecule has 3 aromatic rings. The Bertz CT molecular complexity index is 1370. The molecule has 1 aliphatic heterocycles. The van der Waals surface area contributed by atoms with Gasteiger partial charge in [-0.15, -0.1) is 0 Å². The summed E-state index contributed by atoms with van der Waals surface area (Å²) in [5.41, 5.74) is 3.22. The average Bonchev–Trinajstić information content (AvgIpc) is 3.21. The van der Waals surface area contributed by atoms with Gasteiger partial charge in [-0.05, 0) is 73.9 Å². The van der Waals surface area contributed by atoms with Crippen molar-refractivity contribution in [1.29, 1.82) is 0 Å². The van der Waals surface area contributed by atoms with Gasteiger partial charge in [0.2, 0.25) is 0 Å². The molecule has 2 aromatic carbocycles. The molecule has 1 fully saturated rings. The van der Waals surface area contributed by atoms with Crippen LogP contribution in [-0.4, -0.2) is 22.8 Å². The average molecular weight is 445 g/mol. The lowest BCUT2D eigenvalue weighted by atomic mass is 10.1. The molecule has 0 unspecified atom stereocenters. The van der Waals surface area contributed by atoms with Gasteiger partial charge in [0.05, 0.1) is 10.6 Å². The van der Waals surface area contributed by atoms with Crippen molar-refractivity contribution >= 4 is 35.3 Å². The molecule has 0 atom stereocenters. The maximum Gasteiger partial charge on any atom is 0.335 e. The Balaban J connectivity index is 1.67. The second-order valence-electron chi connectivity index (χ2n) is 7.68. The molecule has 9 nitrogen and oxygen atoms in total. The van der Waals surface area contributed by atoms with E-state index in [0.29, 0.717) is 22.6 Å². The number of aryl methyl sites for hydroxylation is 3. The van der Waals surface area contributed by atoms with Crippen LogP contribution in [0.15, 0.2) is 58.5 Å². The van der Waals surface area contributed by atoms with E-state index >= 15 is 0 Å². The molecule has 9 heteroatoms. The Hall–Kier alpha value is -4.53. The molecule has 33 heavy (non-hydrogen) atoms. The predicted molar refractivity (Wildman–Crippen MR) is 120 cm³/mol. The summed E-state index contributed by atoms with van der Waals surface area (Å²) in [6.45, 7) is 5.49. The third-order valence-corrected chi connectivity index (χ3v) is 5.45. The standard InChI is InChI=1S/C24H19N3O6/c1-13-4-5-16(10-14(13)2)26-23(29)20(22(28)25-24(26)30)12-18-7-9-21(33-18)19-8-6-17(27(31)32)11-15(19)3/h4-12H,1-3H3,(H,25,28,30). The van der Waals surface area contributed by atoms with Crippen LogP contribution in [-0.2, 0) is 9.59 Å². The summed E-state index contributed by atoms with van der Waals surface area (Å²) >= 11 is 0. The van der Waals surface area contributed by atoms with Crippen LogP contribution in [0.2, 0.25) is 0 Å². The minimum atomic E-state index is -0.827. The second kappa shape index (κ2) is 8.19. The maximum absolute atomic E-state index is 13.1. The van der Waals surface area contributed by atoms with E-state index in [-0.39, 0.29) is 17.0 Å². The molecule has 2 heterocycles. The van der Waals surface area contributed by atoms with Gasteiger partial charge in [-0.25, -0.2) is 9.69 Å². The first-order valence-electron chi connectivity index (χ1n) is 9.99. The Morgan fingerprint density at radius 1 is 0.939 bits per heavy atom. The number of barbiturate groups is 1. The zero-order chi connectivity index (χ0) is 23.9. The summed E-state index contributed by atoms with van der Waals surface area (Å²) in [6, 6.07) is 11.9. The molecule has 4 amide bonds. The summed E-state index contributed by atoms with van der Waals surface area (Å²) in [5.74, 6) is -0.957. The first kappa shape index (κ1) is 21.7. The number of nitrogens with zero attached hydrogens (tertiary/aromatic N) is 2. The van der Waals surface area contributed by atoms with Crippen molar-refractivity contribution in [3.63, 3.8) is 0 Å². The Kier molecular flexibility index (Phi) is 5.39. The molecule has 0 spiro atoms. The van der Waals surface area contributed by atoms with E-state index in [1.54, 1.807) is 43.3 Å². The molecule has 1 aromatic heterocycles. The molecule has 4 rings (SSSR count). The number of furan rings is 1. The van der Waals surface area contributed by atoms with Crippen LogP contribution in [0, 0.1) is 30.9 Å². The van der Waals surface area contributed by atoms with E-state index in [9.17, 15) is 24.5 Å². The van der Waals surface area contributed by atoms with Gasteiger partial charge in [0.1, 0.15) is 17.1 Å². The number of imide groups is 2. The maximum atomic E-state index is 13.1. The predicted octanol–water partition coefficient (Wildman–Crippen LogP) is 4.45. The lowest BCUT2D eigenvalue weighted by Gasteiger charge is -2.26. The van der Waals surface area contributed by atoms with Gasteiger partial charge in [0.25, 0.3) is 17.5 Å². The fraction of sp³-hybridized carbons (Fsp3) is 0.125. The van der Waals surface area contributed by atoms with Gasteiger partial charge in [-0.2, -0.15) is 0 Å². The molecular weight excluding hydrogens is 426 g/mol. The monoisotopic (exact) mass is 445 g/mol. The van der Waals surface area contributed by atoms with Crippen molar-refractivity contribution < 1.29 is 23.7 Å². The third kappa shape index (κ3) is 4.03. The number of benzene rings is 2. The highest BCUT2D eigenvalue weighted by Crippen LogP contribution is 2.30. The number of nitrogens with one attached hydrogen (secondary N) is 1. The molecule has 1 aliphatic rings. The van der Waals surface area contributed by atoms with Crippen molar-refractivity contribution in [3.8, 4) is 11.3 Å². The van der Waals surface area contributed by atoms with Crippen molar-refractivity contribution in [2.75, 3.05) is 4.90 Å². The van der Waals surface area contributed by atoms with Crippen LogP contribution < -0.4 is 10.2 Å². The van der Waals surface area contributed by atoms with Crippen molar-refractivity contribution in [3.05, 3.63) is 86.7 Å². The fourth-order valence-electron chi connectivity index (χ4n) is 3.51. The number of amides is 4. The molecule has 0 saturated carbocycles. The van der Waals surface area contributed by atoms with Gasteiger partial charge in [-0.1, -0.05) is 6.07 Å². The number of anilines is 1. The van der Waals surface area contributed by atoms with E-state index in [4.69, 9.17) is 4.42 Å². The minimum Gasteiger partial charge on any atom is -0.457 e. The molecule has 166 valence electrons. The van der Waals surface area contributed by atoms with Crippen molar-refractivity contribution in [2.45, 2.75) is 20.8 Å². The molecule has 1 N–H and O–H groups in total. The number of rotatable bonds is 4. The Labute approximate surface area is 188 Å². The first-order chi connectivity index (χ1) is 15.7. The Morgan fingerprint density at radius 2 is 1.70 bits per heavy atom. The number of hydrogen-bond acceptors (Lipinski definition) is 6. The Morgan fingerprint density at radius 3 is 2.36 bits per heavy atom. The zero-order valence-electron chi connectivity index (χ0n) is 18.0. The highest BCUT2D eigenvalue weighted by Gasteiger charge is 2.37. The molecule has 1 saturated heterocycles. The van der Waals surface area contributed by atoms with Crippen LogP contribution in [0.1, 0.15) is 22.5 Å².